The second-order valence-electron chi connectivity index (χ2n) is 1.19. The van der Waals surface area contributed by atoms with E-state index in [1.807, 2.05) is 0 Å². The Kier molecular flexibility index (Phi) is 0.413. The van der Waals surface area contributed by atoms with Gasteiger partial charge < -0.3 is 0 Å². The van der Waals surface area contributed by atoms with Gasteiger partial charge in [-0.3, -0.25) is 0 Å². The van der Waals surface area contributed by atoms with Gasteiger partial charge >= 0.3 is 0 Å². The molecule has 1 aromatic carbocycles. The molecule has 0 N–H and O–H groups in total. The Morgan fingerprint density at radius 2 is 2.38 bits per heavy atom. The first-order valence-electron chi connectivity index (χ1n) is 5.44. The molecule has 0 saturated carbocycles. The molecule has 0 aliphatic rings. The number of rotatable bonds is 0. The molecule has 42 valence electrons. The molecule has 0 aromatic heterocycles. The standard InChI is InChI=1S/C7H7Cl/c1-6-4-2-3-5-7(6)8/h2-5H,1H3/i1D3,2D,3D,4D,5D. The highest BCUT2D eigenvalue weighted by Gasteiger charge is 1.86. The highest BCUT2D eigenvalue weighted by molar-refractivity contribution is 6.31. The zero-order valence-electron chi connectivity index (χ0n) is 10.9. The van der Waals surface area contributed by atoms with E-state index in [-0.39, 0.29) is 0 Å². The van der Waals surface area contributed by atoms with Crippen molar-refractivity contribution in [2.45, 2.75) is 6.85 Å². The van der Waals surface area contributed by atoms with E-state index in [0.717, 1.165) is 0 Å². The van der Waals surface area contributed by atoms with Crippen LogP contribution in [0.3, 0.4) is 0 Å². The smallest absolute Gasteiger partial charge is 0.0639 e. The van der Waals surface area contributed by atoms with Crippen LogP contribution in [0.2, 0.25) is 5.02 Å². The van der Waals surface area contributed by atoms with Crippen molar-refractivity contribution in [3.63, 3.8) is 0 Å². The van der Waals surface area contributed by atoms with Gasteiger partial charge in [0.25, 0.3) is 0 Å². The van der Waals surface area contributed by atoms with Crippen molar-refractivity contribution in [2.75, 3.05) is 0 Å². The second-order valence-corrected chi connectivity index (χ2v) is 1.57. The van der Waals surface area contributed by atoms with Gasteiger partial charge in [0.2, 0.25) is 0 Å². The molecule has 0 nitrogen and oxygen atoms in total. The third kappa shape index (κ3) is 1.01. The normalized spacial score (nSPS) is 23.4. The molecular formula is C7H7Cl. The van der Waals surface area contributed by atoms with Crippen LogP contribution in [0.15, 0.2) is 24.2 Å². The Bertz CT molecular complexity index is 380. The predicted molar refractivity (Wildman–Crippen MR) is 36.2 cm³/mol. The second kappa shape index (κ2) is 2.19. The molecule has 0 saturated heterocycles. The Labute approximate surface area is 63.9 Å². The van der Waals surface area contributed by atoms with Crippen LogP contribution < -0.4 is 0 Å². The minimum Gasteiger partial charge on any atom is -0.0841 e. The van der Waals surface area contributed by atoms with Crippen molar-refractivity contribution in [1.29, 1.82) is 0 Å². The molecule has 0 atom stereocenters. The zero-order chi connectivity index (χ0) is 12.0. The van der Waals surface area contributed by atoms with Gasteiger partial charge in [0.1, 0.15) is 0 Å². The predicted octanol–water partition coefficient (Wildman–Crippen LogP) is 2.65. The van der Waals surface area contributed by atoms with Crippen LogP contribution in [0.4, 0.5) is 0 Å². The van der Waals surface area contributed by atoms with Crippen molar-refractivity contribution < 1.29 is 9.60 Å². The minimum atomic E-state index is -2.65. The van der Waals surface area contributed by atoms with Gasteiger partial charge in [-0.1, -0.05) is 29.7 Å². The Hall–Kier alpha value is -0.490. The Balaban J connectivity index is 3.68. The van der Waals surface area contributed by atoms with Crippen LogP contribution >= 0.6 is 11.6 Å². The maximum atomic E-state index is 7.39. The average Bonchev–Trinajstić information content (AvgIpc) is 2.09. The summed E-state index contributed by atoms with van der Waals surface area (Å²) in [6, 6.07) is -2.25. The van der Waals surface area contributed by atoms with Gasteiger partial charge in [0, 0.05) is 9.13 Å². The quantitative estimate of drug-likeness (QED) is 0.511. The Morgan fingerprint density at radius 1 is 1.62 bits per heavy atom. The molecular weight excluding hydrogens is 120 g/mol. The van der Waals surface area contributed by atoms with Crippen molar-refractivity contribution >= 4 is 11.6 Å². The van der Waals surface area contributed by atoms with Crippen LogP contribution in [-0.2, 0) is 0 Å². The summed E-state index contributed by atoms with van der Waals surface area (Å²) in [5.74, 6) is 0. The SMILES string of the molecule is [2H]c1c([2H])c([2H])c(C([2H])([2H])[2H])c(Cl)c1[2H]. The number of hydrogen-bond acceptors (Lipinski definition) is 0. The molecule has 0 bridgehead atoms. The molecule has 0 amide bonds. The van der Waals surface area contributed by atoms with Gasteiger partial charge in [0.15, 0.2) is 0 Å². The third-order valence-corrected chi connectivity index (χ3v) is 0.925. The van der Waals surface area contributed by atoms with Crippen molar-refractivity contribution in [3.05, 3.63) is 34.8 Å². The van der Waals surface area contributed by atoms with E-state index in [1.54, 1.807) is 0 Å². The summed E-state index contributed by atoms with van der Waals surface area (Å²) < 4.78 is 50.6. The fourth-order valence-corrected chi connectivity index (χ4v) is 0.392. The molecule has 0 unspecified atom stereocenters. The van der Waals surface area contributed by atoms with Crippen LogP contribution in [-0.4, -0.2) is 0 Å². The molecule has 1 heteroatoms. The van der Waals surface area contributed by atoms with Crippen LogP contribution in [0.25, 0.3) is 0 Å². The van der Waals surface area contributed by atoms with E-state index in [2.05, 4.69) is 0 Å². The van der Waals surface area contributed by atoms with Crippen LogP contribution in [0.1, 0.15) is 15.2 Å². The highest BCUT2D eigenvalue weighted by Crippen LogP contribution is 2.11. The molecule has 1 rings (SSSR count). The van der Waals surface area contributed by atoms with Crippen molar-refractivity contribution in [2.24, 2.45) is 0 Å². The average molecular weight is 134 g/mol. The summed E-state index contributed by atoms with van der Waals surface area (Å²) in [6.45, 7) is -2.65. The lowest BCUT2D eigenvalue weighted by Gasteiger charge is -1.90. The van der Waals surface area contributed by atoms with Crippen LogP contribution in [0, 0.1) is 6.85 Å². The summed E-state index contributed by atoms with van der Waals surface area (Å²) in [4.78, 5) is 0. The zero-order valence-corrected chi connectivity index (χ0v) is 4.63. The molecule has 0 fully saturated rings. The van der Waals surface area contributed by atoms with Crippen LogP contribution in [0.5, 0.6) is 0 Å². The van der Waals surface area contributed by atoms with Gasteiger partial charge in [-0.2, -0.15) is 0 Å². The van der Waals surface area contributed by atoms with Gasteiger partial charge in [0.05, 0.1) is 5.48 Å². The summed E-state index contributed by atoms with van der Waals surface area (Å²) >= 11 is 5.59. The van der Waals surface area contributed by atoms with E-state index in [0.29, 0.717) is 0 Å². The number of benzene rings is 1. The highest BCUT2D eigenvalue weighted by atomic mass is 35.5. The minimum absolute atomic E-state index is 0.444. The fraction of sp³-hybridized carbons (Fsp3) is 0.143. The molecule has 8 heavy (non-hydrogen) atoms. The first kappa shape index (κ1) is 1.51. The van der Waals surface area contributed by atoms with E-state index in [4.69, 9.17) is 21.2 Å². The lowest BCUT2D eigenvalue weighted by atomic mass is 10.2. The number of hydrogen-bond donors (Lipinski definition) is 0. The largest absolute Gasteiger partial charge is 0.0841 e. The Morgan fingerprint density at radius 3 is 3.12 bits per heavy atom. The number of halogens is 1. The molecule has 0 spiro atoms. The maximum Gasteiger partial charge on any atom is 0.0639 e. The summed E-state index contributed by atoms with van der Waals surface area (Å²) in [7, 11) is 0. The third-order valence-electron chi connectivity index (χ3n) is 0.642. The lowest BCUT2D eigenvalue weighted by molar-refractivity contribution is 1.47. The molecule has 0 heterocycles. The van der Waals surface area contributed by atoms with Gasteiger partial charge in [-0.05, 0) is 18.5 Å². The van der Waals surface area contributed by atoms with E-state index in [1.165, 1.54) is 0 Å². The van der Waals surface area contributed by atoms with E-state index in [9.17, 15) is 0 Å². The van der Waals surface area contributed by atoms with Gasteiger partial charge in [-0.25, -0.2) is 0 Å². The van der Waals surface area contributed by atoms with Crippen molar-refractivity contribution in [3.8, 4) is 0 Å². The summed E-state index contributed by atoms with van der Waals surface area (Å²) in [5.41, 5.74) is -0.532. The monoisotopic (exact) mass is 133 g/mol. The van der Waals surface area contributed by atoms with E-state index < -0.39 is 41.6 Å². The summed E-state index contributed by atoms with van der Waals surface area (Å²) in [5, 5.41) is -0.444. The molecule has 0 aliphatic carbocycles. The van der Waals surface area contributed by atoms with Gasteiger partial charge in [-0.15, -0.1) is 0 Å². The lowest BCUT2D eigenvalue weighted by Crippen LogP contribution is -1.68. The summed E-state index contributed by atoms with van der Waals surface area (Å²) in [6.07, 6.45) is 0. The van der Waals surface area contributed by atoms with E-state index >= 15 is 0 Å². The molecule has 1 aromatic rings. The first-order chi connectivity index (χ1) is 6.68. The first-order valence-corrected chi connectivity index (χ1v) is 2.32. The maximum absolute atomic E-state index is 7.39. The van der Waals surface area contributed by atoms with Crippen molar-refractivity contribution in [1.82, 2.24) is 0 Å². The molecule has 0 radical (unpaired) electrons. The topological polar surface area (TPSA) is 0 Å². The molecule has 0 aliphatic heterocycles. The fourth-order valence-electron chi connectivity index (χ4n) is 0.297.